The minimum atomic E-state index is -0.729. The topological polar surface area (TPSA) is 78.5 Å². The Bertz CT molecular complexity index is 734. The van der Waals surface area contributed by atoms with E-state index < -0.39 is 11.6 Å². The van der Waals surface area contributed by atoms with Crippen LogP contribution < -0.4 is 10.6 Å². The van der Waals surface area contributed by atoms with Crippen molar-refractivity contribution in [2.24, 2.45) is 0 Å². The molecule has 0 bridgehead atoms. The van der Waals surface area contributed by atoms with Gasteiger partial charge in [-0.05, 0) is 50.4 Å². The normalized spacial score (nSPS) is 18.7. The lowest BCUT2D eigenvalue weighted by Gasteiger charge is -2.36. The summed E-state index contributed by atoms with van der Waals surface area (Å²) in [5.74, 6) is -0.216. The third kappa shape index (κ3) is 5.13. The van der Waals surface area contributed by atoms with Crippen LogP contribution in [0.5, 0.6) is 0 Å². The van der Waals surface area contributed by atoms with Crippen molar-refractivity contribution in [2.75, 3.05) is 19.6 Å². The SMILES string of the molecule is Cl.O=C1NC(=O)C2(CCN(CCCCC(=O)c3cc(Cl)ccc3Cl)CC2)N1. The molecule has 0 atom stereocenters. The van der Waals surface area contributed by atoms with Crippen LogP contribution in [0.2, 0.25) is 10.0 Å². The summed E-state index contributed by atoms with van der Waals surface area (Å²) >= 11 is 12.0. The number of rotatable bonds is 6. The Morgan fingerprint density at radius 2 is 1.85 bits per heavy atom. The van der Waals surface area contributed by atoms with Gasteiger partial charge in [0, 0.05) is 30.1 Å². The molecule has 1 spiro atoms. The Morgan fingerprint density at radius 3 is 2.48 bits per heavy atom. The Hall–Kier alpha value is -1.34. The second-order valence-corrected chi connectivity index (χ2v) is 7.68. The average Bonchev–Trinajstić information content (AvgIpc) is 2.88. The molecule has 9 heteroatoms. The van der Waals surface area contributed by atoms with Crippen molar-refractivity contribution in [1.29, 1.82) is 0 Å². The molecule has 2 saturated heterocycles. The summed E-state index contributed by atoms with van der Waals surface area (Å²) in [5.41, 5.74) is -0.255. The van der Waals surface area contributed by atoms with Crippen molar-refractivity contribution in [3.63, 3.8) is 0 Å². The quantitative estimate of drug-likeness (QED) is 0.408. The molecule has 0 aromatic heterocycles. The van der Waals surface area contributed by atoms with Gasteiger partial charge in [-0.15, -0.1) is 12.4 Å². The van der Waals surface area contributed by atoms with Crippen molar-refractivity contribution in [2.45, 2.75) is 37.6 Å². The number of benzene rings is 1. The maximum absolute atomic E-state index is 12.3. The molecule has 27 heavy (non-hydrogen) atoms. The van der Waals surface area contributed by atoms with Crippen molar-refractivity contribution < 1.29 is 14.4 Å². The summed E-state index contributed by atoms with van der Waals surface area (Å²) in [6.07, 6.45) is 3.30. The molecule has 0 radical (unpaired) electrons. The predicted octanol–water partition coefficient (Wildman–Crippen LogP) is 3.44. The van der Waals surface area contributed by atoms with Gasteiger partial charge in [0.05, 0.1) is 5.02 Å². The second-order valence-electron chi connectivity index (χ2n) is 6.84. The van der Waals surface area contributed by atoms with E-state index in [1.54, 1.807) is 18.2 Å². The molecule has 1 aromatic carbocycles. The average molecular weight is 435 g/mol. The molecular weight excluding hydrogens is 413 g/mol. The number of piperidine rings is 1. The van der Waals surface area contributed by atoms with Gasteiger partial charge in [0.1, 0.15) is 5.54 Å². The molecule has 3 rings (SSSR count). The van der Waals surface area contributed by atoms with E-state index in [2.05, 4.69) is 15.5 Å². The predicted molar refractivity (Wildman–Crippen MR) is 107 cm³/mol. The van der Waals surface area contributed by atoms with E-state index in [0.717, 1.165) is 32.5 Å². The number of imide groups is 1. The number of amides is 3. The number of urea groups is 1. The van der Waals surface area contributed by atoms with Crippen molar-refractivity contribution in [3.8, 4) is 0 Å². The third-order valence-electron chi connectivity index (χ3n) is 5.08. The highest BCUT2D eigenvalue weighted by molar-refractivity contribution is 6.35. The first-order chi connectivity index (χ1) is 12.4. The maximum Gasteiger partial charge on any atom is 0.322 e. The highest BCUT2D eigenvalue weighted by Crippen LogP contribution is 2.26. The van der Waals surface area contributed by atoms with Gasteiger partial charge in [-0.25, -0.2) is 4.79 Å². The molecule has 2 aliphatic heterocycles. The van der Waals surface area contributed by atoms with Crippen LogP contribution in [-0.4, -0.2) is 47.8 Å². The van der Waals surface area contributed by atoms with Crippen LogP contribution in [0.3, 0.4) is 0 Å². The van der Waals surface area contributed by atoms with Gasteiger partial charge in [-0.3, -0.25) is 14.9 Å². The first kappa shape index (κ1) is 22.0. The summed E-state index contributed by atoms with van der Waals surface area (Å²) in [7, 11) is 0. The molecule has 2 N–H and O–H groups in total. The number of nitrogens with zero attached hydrogens (tertiary/aromatic N) is 1. The van der Waals surface area contributed by atoms with E-state index in [1.807, 2.05) is 0 Å². The molecule has 2 fully saturated rings. The fourth-order valence-electron chi connectivity index (χ4n) is 3.51. The summed E-state index contributed by atoms with van der Waals surface area (Å²) in [6, 6.07) is 4.51. The number of ketones is 1. The summed E-state index contributed by atoms with van der Waals surface area (Å²) in [6.45, 7) is 2.37. The van der Waals surface area contributed by atoms with E-state index in [1.165, 1.54) is 0 Å². The van der Waals surface area contributed by atoms with Crippen molar-refractivity contribution >= 4 is 53.3 Å². The fourth-order valence-corrected chi connectivity index (χ4v) is 3.90. The van der Waals surface area contributed by atoms with Gasteiger partial charge in [-0.2, -0.15) is 0 Å². The zero-order valence-corrected chi connectivity index (χ0v) is 17.1. The summed E-state index contributed by atoms with van der Waals surface area (Å²) in [4.78, 5) is 37.8. The standard InChI is InChI=1S/C18H21Cl2N3O3.ClH/c19-12-4-5-14(20)13(11-12)15(24)3-1-2-8-23-9-6-18(7-10-23)16(25)21-17(26)22-18;/h4-5,11H,1-3,6-10H2,(H2,21,22,25,26);1H. The van der Waals surface area contributed by atoms with Crippen LogP contribution in [0, 0.1) is 0 Å². The first-order valence-corrected chi connectivity index (χ1v) is 9.49. The number of nitrogens with one attached hydrogen (secondary N) is 2. The smallest absolute Gasteiger partial charge is 0.322 e. The molecular formula is C18H22Cl3N3O3. The Kier molecular flexibility index (Phi) is 7.51. The third-order valence-corrected chi connectivity index (χ3v) is 5.65. The molecule has 2 heterocycles. The molecule has 0 saturated carbocycles. The number of carbonyl (C=O) groups excluding carboxylic acids is 3. The summed E-state index contributed by atoms with van der Waals surface area (Å²) in [5, 5.41) is 6.00. The molecule has 1 aromatic rings. The van der Waals surface area contributed by atoms with Gasteiger partial charge >= 0.3 is 6.03 Å². The van der Waals surface area contributed by atoms with Gasteiger partial charge in [0.2, 0.25) is 0 Å². The lowest BCUT2D eigenvalue weighted by atomic mass is 9.87. The van der Waals surface area contributed by atoms with Gasteiger partial charge in [0.25, 0.3) is 5.91 Å². The minimum absolute atomic E-state index is 0. The van der Waals surface area contributed by atoms with Crippen LogP contribution in [0.1, 0.15) is 42.5 Å². The maximum atomic E-state index is 12.3. The van der Waals surface area contributed by atoms with E-state index >= 15 is 0 Å². The molecule has 3 amide bonds. The Balaban J connectivity index is 0.00000261. The molecule has 148 valence electrons. The van der Waals surface area contributed by atoms with E-state index in [0.29, 0.717) is 34.9 Å². The van der Waals surface area contributed by atoms with Crippen LogP contribution in [-0.2, 0) is 4.79 Å². The molecule has 0 unspecified atom stereocenters. The largest absolute Gasteiger partial charge is 0.323 e. The van der Waals surface area contributed by atoms with Crippen LogP contribution in [0.4, 0.5) is 4.79 Å². The Labute approximate surface area is 174 Å². The Morgan fingerprint density at radius 1 is 1.15 bits per heavy atom. The summed E-state index contributed by atoms with van der Waals surface area (Å²) < 4.78 is 0. The second kappa shape index (κ2) is 9.24. The number of carbonyl (C=O) groups is 3. The fraction of sp³-hybridized carbons (Fsp3) is 0.500. The van der Waals surface area contributed by atoms with Crippen molar-refractivity contribution in [1.82, 2.24) is 15.5 Å². The van der Waals surface area contributed by atoms with E-state index in [4.69, 9.17) is 23.2 Å². The number of Topliss-reactive ketones (excluding diaryl/α,β-unsaturated/α-hetero) is 1. The first-order valence-electron chi connectivity index (χ1n) is 8.74. The van der Waals surface area contributed by atoms with E-state index in [9.17, 15) is 14.4 Å². The van der Waals surface area contributed by atoms with Gasteiger partial charge < -0.3 is 10.2 Å². The number of likely N-dealkylation sites (tertiary alicyclic amines) is 1. The van der Waals surface area contributed by atoms with Gasteiger partial charge in [-0.1, -0.05) is 23.2 Å². The molecule has 0 aliphatic carbocycles. The van der Waals surface area contributed by atoms with Crippen LogP contribution >= 0.6 is 35.6 Å². The minimum Gasteiger partial charge on any atom is -0.323 e. The lowest BCUT2D eigenvalue weighted by Crippen LogP contribution is -2.54. The highest BCUT2D eigenvalue weighted by Gasteiger charge is 2.47. The highest BCUT2D eigenvalue weighted by atomic mass is 35.5. The number of unbranched alkanes of at least 4 members (excludes halogenated alkanes) is 1. The molecule has 6 nitrogen and oxygen atoms in total. The van der Waals surface area contributed by atoms with E-state index in [-0.39, 0.29) is 24.1 Å². The van der Waals surface area contributed by atoms with Crippen molar-refractivity contribution in [3.05, 3.63) is 33.8 Å². The monoisotopic (exact) mass is 433 g/mol. The van der Waals surface area contributed by atoms with Crippen LogP contribution in [0.25, 0.3) is 0 Å². The number of hydrogen-bond donors (Lipinski definition) is 2. The zero-order valence-electron chi connectivity index (χ0n) is 14.7. The number of halogens is 3. The van der Waals surface area contributed by atoms with Crippen LogP contribution in [0.15, 0.2) is 18.2 Å². The zero-order chi connectivity index (χ0) is 18.7. The lowest BCUT2D eigenvalue weighted by molar-refractivity contribution is -0.125. The molecule has 2 aliphatic rings. The number of hydrogen-bond acceptors (Lipinski definition) is 4. The van der Waals surface area contributed by atoms with Gasteiger partial charge in [0.15, 0.2) is 5.78 Å².